The molecule has 2 rings (SSSR count). The van der Waals surface area contributed by atoms with Gasteiger partial charge in [-0.3, -0.25) is 4.79 Å². The molecule has 1 aliphatic rings. The van der Waals surface area contributed by atoms with E-state index in [-0.39, 0.29) is 0 Å². The predicted molar refractivity (Wildman–Crippen MR) is 57.8 cm³/mol. The second kappa shape index (κ2) is 4.90. The van der Waals surface area contributed by atoms with Gasteiger partial charge < -0.3 is 10.0 Å². The van der Waals surface area contributed by atoms with Crippen LogP contribution in [-0.2, 0) is 0 Å². The lowest BCUT2D eigenvalue weighted by atomic mass is 10.0. The van der Waals surface area contributed by atoms with E-state index in [0.29, 0.717) is 17.0 Å². The Morgan fingerprint density at radius 1 is 1.19 bits per heavy atom. The van der Waals surface area contributed by atoms with Crippen molar-refractivity contribution in [1.82, 2.24) is 4.90 Å². The lowest BCUT2D eigenvalue weighted by Crippen LogP contribution is -2.48. The van der Waals surface area contributed by atoms with Crippen LogP contribution in [0.25, 0.3) is 0 Å². The van der Waals surface area contributed by atoms with Gasteiger partial charge in [-0.25, -0.2) is 13.2 Å². The average Bonchev–Trinajstić information content (AvgIpc) is 2.78. The zero-order valence-electron chi connectivity index (χ0n) is 10.3. The van der Waals surface area contributed by atoms with E-state index < -0.39 is 60.2 Å². The molecule has 3 nitrogen and oxygen atoms in total. The minimum atomic E-state index is -4.93. The molecule has 0 spiro atoms. The molecule has 21 heavy (non-hydrogen) atoms. The number of β-amino-alcohol motifs (C(OH)–C–C–N with tert-alkyl or cyclic N) is 1. The Morgan fingerprint density at radius 3 is 2.14 bits per heavy atom. The van der Waals surface area contributed by atoms with E-state index in [0.717, 1.165) is 0 Å². The second-order valence-corrected chi connectivity index (χ2v) is 4.76. The first kappa shape index (κ1) is 15.6. The third kappa shape index (κ3) is 2.69. The molecule has 0 bridgehead atoms. The smallest absolute Gasteiger partial charge is 0.379 e. The van der Waals surface area contributed by atoms with E-state index in [1.807, 2.05) is 0 Å². The number of rotatable bonds is 1. The standard InChI is InChI=1S/C12H9F6NO2/c13-7-3-6(4-8(14)9(7)15)10(20)19-2-1-11(21,5-19)12(16,17)18/h3-4,21H,1-2,5H2/t11-/m1/s1. The summed E-state index contributed by atoms with van der Waals surface area (Å²) in [4.78, 5) is 12.5. The fourth-order valence-electron chi connectivity index (χ4n) is 2.06. The van der Waals surface area contributed by atoms with Crippen LogP contribution in [0.4, 0.5) is 26.3 Å². The lowest BCUT2D eigenvalue weighted by molar-refractivity contribution is -0.253. The zero-order chi connectivity index (χ0) is 16.0. The maximum absolute atomic E-state index is 13.0. The molecule has 1 atom stereocenters. The third-order valence-electron chi connectivity index (χ3n) is 3.29. The maximum atomic E-state index is 13.0. The number of alkyl halides is 3. The highest BCUT2D eigenvalue weighted by molar-refractivity contribution is 5.94. The topological polar surface area (TPSA) is 40.5 Å². The predicted octanol–water partition coefficient (Wildman–Crippen LogP) is 2.24. The Bertz CT molecular complexity index is 565. The number of halogens is 6. The van der Waals surface area contributed by atoms with E-state index in [9.17, 15) is 36.2 Å². The summed E-state index contributed by atoms with van der Waals surface area (Å²) in [5.74, 6) is -6.14. The van der Waals surface area contributed by atoms with Gasteiger partial charge in [0, 0.05) is 18.5 Å². The molecule has 1 aromatic rings. The van der Waals surface area contributed by atoms with Crippen molar-refractivity contribution in [3.05, 3.63) is 35.1 Å². The Hall–Kier alpha value is -1.77. The Labute approximate surface area is 114 Å². The van der Waals surface area contributed by atoms with Crippen LogP contribution < -0.4 is 0 Å². The van der Waals surface area contributed by atoms with Gasteiger partial charge in [-0.1, -0.05) is 0 Å². The number of carbonyl (C=O) groups is 1. The van der Waals surface area contributed by atoms with Crippen LogP contribution in [0.5, 0.6) is 0 Å². The summed E-state index contributed by atoms with van der Waals surface area (Å²) < 4.78 is 76.6. The average molecular weight is 313 g/mol. The van der Waals surface area contributed by atoms with Crippen molar-refractivity contribution in [3.63, 3.8) is 0 Å². The number of nitrogens with zero attached hydrogens (tertiary/aromatic N) is 1. The highest BCUT2D eigenvalue weighted by Gasteiger charge is 2.57. The van der Waals surface area contributed by atoms with E-state index in [4.69, 9.17) is 0 Å². The number of aliphatic hydroxyl groups is 1. The van der Waals surface area contributed by atoms with Gasteiger partial charge in [0.2, 0.25) is 0 Å². The van der Waals surface area contributed by atoms with Crippen molar-refractivity contribution in [1.29, 1.82) is 0 Å². The molecule has 0 aliphatic carbocycles. The molecule has 1 aliphatic heterocycles. The van der Waals surface area contributed by atoms with E-state index >= 15 is 0 Å². The molecular formula is C12H9F6NO2. The van der Waals surface area contributed by atoms with Gasteiger partial charge in [-0.2, -0.15) is 13.2 Å². The summed E-state index contributed by atoms with van der Waals surface area (Å²) >= 11 is 0. The highest BCUT2D eigenvalue weighted by Crippen LogP contribution is 2.38. The van der Waals surface area contributed by atoms with Gasteiger partial charge in [0.05, 0.1) is 6.54 Å². The van der Waals surface area contributed by atoms with Crippen molar-refractivity contribution in [2.75, 3.05) is 13.1 Å². The molecule has 1 heterocycles. The third-order valence-corrected chi connectivity index (χ3v) is 3.29. The van der Waals surface area contributed by atoms with Crippen molar-refractivity contribution in [2.45, 2.75) is 18.2 Å². The van der Waals surface area contributed by atoms with Crippen LogP contribution in [0.1, 0.15) is 16.8 Å². The summed E-state index contributed by atoms with van der Waals surface area (Å²) in [7, 11) is 0. The number of hydrogen-bond acceptors (Lipinski definition) is 2. The molecule has 1 fully saturated rings. The normalized spacial score (nSPS) is 22.7. The SMILES string of the molecule is O=C(c1cc(F)c(F)c(F)c1)N1CC[C@](O)(C(F)(F)F)C1. The second-order valence-electron chi connectivity index (χ2n) is 4.76. The number of likely N-dealkylation sites (tertiary alicyclic amines) is 1. The quantitative estimate of drug-likeness (QED) is 0.638. The Balaban J connectivity index is 2.23. The molecule has 0 unspecified atom stereocenters. The van der Waals surface area contributed by atoms with Gasteiger partial charge in [0.1, 0.15) is 0 Å². The van der Waals surface area contributed by atoms with Crippen LogP contribution >= 0.6 is 0 Å². The van der Waals surface area contributed by atoms with E-state index in [1.54, 1.807) is 0 Å². The van der Waals surface area contributed by atoms with E-state index in [2.05, 4.69) is 0 Å². The van der Waals surface area contributed by atoms with Gasteiger partial charge in [0.25, 0.3) is 5.91 Å². The summed E-state index contributed by atoms with van der Waals surface area (Å²) in [6.45, 7) is -1.48. The minimum Gasteiger partial charge on any atom is -0.379 e. The Kier molecular flexibility index (Phi) is 3.64. The largest absolute Gasteiger partial charge is 0.419 e. The van der Waals surface area contributed by atoms with Crippen molar-refractivity contribution in [2.24, 2.45) is 0 Å². The van der Waals surface area contributed by atoms with Crippen LogP contribution in [-0.4, -0.2) is 40.8 Å². The summed E-state index contributed by atoms with van der Waals surface area (Å²) in [5.41, 5.74) is -3.68. The van der Waals surface area contributed by atoms with Gasteiger partial charge in [-0.15, -0.1) is 0 Å². The van der Waals surface area contributed by atoms with Crippen LogP contribution in [0.3, 0.4) is 0 Å². The highest BCUT2D eigenvalue weighted by atomic mass is 19.4. The fourth-order valence-corrected chi connectivity index (χ4v) is 2.06. The maximum Gasteiger partial charge on any atom is 0.419 e. The van der Waals surface area contributed by atoms with Gasteiger partial charge in [-0.05, 0) is 12.1 Å². The molecule has 0 radical (unpaired) electrons. The summed E-state index contributed by atoms with van der Waals surface area (Å²) in [6.07, 6.45) is -5.67. The molecule has 1 N–H and O–H groups in total. The molecule has 1 aromatic carbocycles. The molecule has 9 heteroatoms. The minimum absolute atomic E-state index is 0.395. The zero-order valence-corrected chi connectivity index (χ0v) is 10.3. The first-order valence-corrected chi connectivity index (χ1v) is 5.78. The fraction of sp³-hybridized carbons (Fsp3) is 0.417. The van der Waals surface area contributed by atoms with Crippen LogP contribution in [0.15, 0.2) is 12.1 Å². The van der Waals surface area contributed by atoms with E-state index in [1.165, 1.54) is 0 Å². The summed E-state index contributed by atoms with van der Waals surface area (Å²) in [6, 6.07) is 0.789. The molecule has 1 saturated heterocycles. The van der Waals surface area contributed by atoms with Crippen molar-refractivity contribution >= 4 is 5.91 Å². The lowest BCUT2D eigenvalue weighted by Gasteiger charge is -2.25. The first-order valence-electron chi connectivity index (χ1n) is 5.78. The number of amides is 1. The molecular weight excluding hydrogens is 304 g/mol. The molecule has 1 amide bonds. The summed E-state index contributed by atoms with van der Waals surface area (Å²) in [5, 5.41) is 9.42. The number of hydrogen-bond donors (Lipinski definition) is 1. The molecule has 0 saturated carbocycles. The van der Waals surface area contributed by atoms with Crippen molar-refractivity contribution < 1.29 is 36.2 Å². The van der Waals surface area contributed by atoms with Crippen molar-refractivity contribution in [3.8, 4) is 0 Å². The molecule has 0 aromatic heterocycles. The monoisotopic (exact) mass is 313 g/mol. The van der Waals surface area contributed by atoms with Gasteiger partial charge in [0.15, 0.2) is 23.1 Å². The number of benzene rings is 1. The molecule has 116 valence electrons. The van der Waals surface area contributed by atoms with Gasteiger partial charge >= 0.3 is 6.18 Å². The van der Waals surface area contributed by atoms with Crippen LogP contribution in [0, 0.1) is 17.5 Å². The Morgan fingerprint density at radius 2 is 1.71 bits per heavy atom. The van der Waals surface area contributed by atoms with Crippen LogP contribution in [0.2, 0.25) is 0 Å². The first-order chi connectivity index (χ1) is 9.55. The number of carbonyl (C=O) groups excluding carboxylic acids is 1.